The lowest BCUT2D eigenvalue weighted by Crippen LogP contribution is -2.31. The first-order valence-electron chi connectivity index (χ1n) is 5.69. The number of halogens is 2. The summed E-state index contributed by atoms with van der Waals surface area (Å²) in [5, 5.41) is 10.5. The minimum atomic E-state index is -0.972. The summed E-state index contributed by atoms with van der Waals surface area (Å²) in [6, 6.07) is 4.77. The Morgan fingerprint density at radius 3 is 2.62 bits per heavy atom. The summed E-state index contributed by atoms with van der Waals surface area (Å²) >= 11 is 3.32. The van der Waals surface area contributed by atoms with Crippen molar-refractivity contribution >= 4 is 15.9 Å². The molecule has 1 aliphatic rings. The van der Waals surface area contributed by atoms with Crippen molar-refractivity contribution in [1.29, 1.82) is 0 Å². The van der Waals surface area contributed by atoms with E-state index in [0.717, 1.165) is 17.3 Å². The molecule has 1 aliphatic carbocycles. The first-order chi connectivity index (χ1) is 7.51. The number of hydrogen-bond donors (Lipinski definition) is 1. The van der Waals surface area contributed by atoms with Gasteiger partial charge < -0.3 is 5.11 Å². The third kappa shape index (κ3) is 2.30. The Morgan fingerprint density at radius 1 is 1.38 bits per heavy atom. The van der Waals surface area contributed by atoms with Crippen LogP contribution in [0.1, 0.15) is 38.2 Å². The van der Waals surface area contributed by atoms with Gasteiger partial charge in [0.15, 0.2) is 0 Å². The predicted octanol–water partition coefficient (Wildman–Crippen LogP) is 3.99. The van der Waals surface area contributed by atoms with E-state index < -0.39 is 5.60 Å². The molecule has 1 fully saturated rings. The molecule has 16 heavy (non-hydrogen) atoms. The highest BCUT2D eigenvalue weighted by Gasteiger charge is 2.35. The largest absolute Gasteiger partial charge is 0.385 e. The molecule has 0 saturated heterocycles. The molecule has 0 aromatic heterocycles. The van der Waals surface area contributed by atoms with Crippen LogP contribution in [0.15, 0.2) is 22.7 Å². The van der Waals surface area contributed by atoms with E-state index in [1.165, 1.54) is 6.07 Å². The van der Waals surface area contributed by atoms with Gasteiger partial charge in [-0.15, -0.1) is 0 Å². The van der Waals surface area contributed by atoms with Gasteiger partial charge >= 0.3 is 0 Å². The Kier molecular flexibility index (Phi) is 3.36. The Bertz CT molecular complexity index is 384. The fourth-order valence-corrected chi connectivity index (χ4v) is 2.72. The van der Waals surface area contributed by atoms with Crippen molar-refractivity contribution in [3.05, 3.63) is 34.1 Å². The Hall–Kier alpha value is -0.410. The number of benzene rings is 1. The zero-order valence-corrected chi connectivity index (χ0v) is 10.9. The highest BCUT2D eigenvalue weighted by atomic mass is 79.9. The van der Waals surface area contributed by atoms with Gasteiger partial charge in [-0.3, -0.25) is 0 Å². The summed E-state index contributed by atoms with van der Waals surface area (Å²) in [7, 11) is 0. The van der Waals surface area contributed by atoms with Gasteiger partial charge in [0.1, 0.15) is 5.82 Å². The van der Waals surface area contributed by atoms with E-state index in [9.17, 15) is 9.50 Å². The van der Waals surface area contributed by atoms with E-state index in [0.29, 0.717) is 24.3 Å². The Morgan fingerprint density at radius 2 is 2.00 bits per heavy atom. The molecule has 0 spiro atoms. The summed E-state index contributed by atoms with van der Waals surface area (Å²) in [6.07, 6.45) is 3.23. The summed E-state index contributed by atoms with van der Waals surface area (Å²) < 4.78 is 14.5. The Balaban J connectivity index is 2.32. The summed E-state index contributed by atoms with van der Waals surface area (Å²) in [5.41, 5.74) is -0.533. The number of rotatable bonds is 1. The van der Waals surface area contributed by atoms with Crippen LogP contribution < -0.4 is 0 Å². The fourth-order valence-electron chi connectivity index (χ4n) is 2.36. The van der Waals surface area contributed by atoms with E-state index >= 15 is 0 Å². The maximum atomic E-state index is 13.7. The molecule has 0 atom stereocenters. The molecule has 88 valence electrons. The fraction of sp³-hybridized carbons (Fsp3) is 0.538. The molecule has 0 unspecified atom stereocenters. The predicted molar refractivity (Wildman–Crippen MR) is 65.6 cm³/mol. The molecule has 1 nitrogen and oxygen atoms in total. The van der Waals surface area contributed by atoms with Crippen LogP contribution in [0.5, 0.6) is 0 Å². The van der Waals surface area contributed by atoms with Gasteiger partial charge in [0.25, 0.3) is 0 Å². The van der Waals surface area contributed by atoms with E-state index in [1.54, 1.807) is 12.1 Å². The third-order valence-corrected chi connectivity index (χ3v) is 4.02. The van der Waals surface area contributed by atoms with Crippen LogP contribution in [0.4, 0.5) is 4.39 Å². The third-order valence-electron chi connectivity index (χ3n) is 3.53. The summed E-state index contributed by atoms with van der Waals surface area (Å²) in [5.74, 6) is 0.329. The molecule has 0 bridgehead atoms. The first-order valence-corrected chi connectivity index (χ1v) is 6.48. The zero-order chi connectivity index (χ0) is 11.8. The average Bonchev–Trinajstić information content (AvgIpc) is 2.26. The summed E-state index contributed by atoms with van der Waals surface area (Å²) in [6.45, 7) is 2.18. The van der Waals surface area contributed by atoms with Crippen LogP contribution in [0.2, 0.25) is 0 Å². The zero-order valence-electron chi connectivity index (χ0n) is 9.34. The lowest BCUT2D eigenvalue weighted by molar-refractivity contribution is -0.0149. The van der Waals surface area contributed by atoms with Gasteiger partial charge in [0.05, 0.1) is 5.60 Å². The van der Waals surface area contributed by atoms with Gasteiger partial charge in [-0.05, 0) is 49.8 Å². The van der Waals surface area contributed by atoms with Crippen LogP contribution >= 0.6 is 15.9 Å². The van der Waals surface area contributed by atoms with Gasteiger partial charge in [0, 0.05) is 10.0 Å². The first kappa shape index (κ1) is 12.1. The van der Waals surface area contributed by atoms with Crippen molar-refractivity contribution in [3.8, 4) is 0 Å². The van der Waals surface area contributed by atoms with Crippen molar-refractivity contribution in [2.45, 2.75) is 38.2 Å². The quantitative estimate of drug-likeness (QED) is 0.828. The van der Waals surface area contributed by atoms with Crippen LogP contribution in [0.3, 0.4) is 0 Å². The number of aliphatic hydroxyl groups is 1. The smallest absolute Gasteiger partial charge is 0.129 e. The molecule has 2 rings (SSSR count). The van der Waals surface area contributed by atoms with Crippen LogP contribution in [0, 0.1) is 11.7 Å². The number of hydrogen-bond acceptors (Lipinski definition) is 1. The van der Waals surface area contributed by atoms with E-state index in [1.807, 2.05) is 0 Å². The SMILES string of the molecule is CC1CCC(O)(c2cc(Br)ccc2F)CC1. The normalized spacial score (nSPS) is 30.4. The van der Waals surface area contributed by atoms with Crippen molar-refractivity contribution in [2.75, 3.05) is 0 Å². The second-order valence-electron chi connectivity index (χ2n) is 4.84. The van der Waals surface area contributed by atoms with Crippen LogP contribution in [0.25, 0.3) is 0 Å². The monoisotopic (exact) mass is 286 g/mol. The van der Waals surface area contributed by atoms with Crippen molar-refractivity contribution in [2.24, 2.45) is 5.92 Å². The van der Waals surface area contributed by atoms with E-state index in [4.69, 9.17) is 0 Å². The van der Waals surface area contributed by atoms with Gasteiger partial charge in [-0.25, -0.2) is 4.39 Å². The minimum Gasteiger partial charge on any atom is -0.385 e. The lowest BCUT2D eigenvalue weighted by Gasteiger charge is -2.35. The Labute approximate surface area is 104 Å². The van der Waals surface area contributed by atoms with Crippen LogP contribution in [-0.4, -0.2) is 5.11 Å². The van der Waals surface area contributed by atoms with E-state index in [2.05, 4.69) is 22.9 Å². The molecule has 0 amide bonds. The standard InChI is InChI=1S/C13H16BrFO/c1-9-4-6-13(16,7-5-9)11-8-10(14)2-3-12(11)15/h2-3,8-9,16H,4-7H2,1H3. The van der Waals surface area contributed by atoms with Crippen LogP contribution in [-0.2, 0) is 5.60 Å². The minimum absolute atomic E-state index is 0.305. The molecule has 3 heteroatoms. The maximum Gasteiger partial charge on any atom is 0.129 e. The topological polar surface area (TPSA) is 20.2 Å². The second kappa shape index (κ2) is 4.46. The van der Waals surface area contributed by atoms with Gasteiger partial charge in [-0.2, -0.15) is 0 Å². The highest BCUT2D eigenvalue weighted by Crippen LogP contribution is 2.40. The molecule has 0 aliphatic heterocycles. The lowest BCUT2D eigenvalue weighted by atomic mass is 9.76. The van der Waals surface area contributed by atoms with Crippen molar-refractivity contribution in [1.82, 2.24) is 0 Å². The summed E-state index contributed by atoms with van der Waals surface area (Å²) in [4.78, 5) is 0. The molecule has 1 aromatic carbocycles. The molecule has 1 aromatic rings. The molecule has 1 N–H and O–H groups in total. The van der Waals surface area contributed by atoms with Crippen molar-refractivity contribution in [3.63, 3.8) is 0 Å². The molecular weight excluding hydrogens is 271 g/mol. The van der Waals surface area contributed by atoms with Gasteiger partial charge in [-0.1, -0.05) is 22.9 Å². The maximum absolute atomic E-state index is 13.7. The molecular formula is C13H16BrFO. The van der Waals surface area contributed by atoms with E-state index in [-0.39, 0.29) is 5.82 Å². The highest BCUT2D eigenvalue weighted by molar-refractivity contribution is 9.10. The molecule has 0 radical (unpaired) electrons. The molecule has 0 heterocycles. The second-order valence-corrected chi connectivity index (χ2v) is 5.75. The van der Waals surface area contributed by atoms with Crippen molar-refractivity contribution < 1.29 is 9.50 Å². The van der Waals surface area contributed by atoms with Gasteiger partial charge in [0.2, 0.25) is 0 Å². The molecule has 1 saturated carbocycles. The average molecular weight is 287 g/mol.